The monoisotopic (exact) mass is 638 g/mol. The lowest BCUT2D eigenvalue weighted by molar-refractivity contribution is -0.0465. The summed E-state index contributed by atoms with van der Waals surface area (Å²) in [6, 6.07) is 8.29. The number of aromatic nitrogens is 3. The van der Waals surface area contributed by atoms with Gasteiger partial charge in [-0.15, -0.1) is 11.3 Å². The Morgan fingerprint density at radius 2 is 1.98 bits per heavy atom. The Morgan fingerprint density at radius 3 is 2.59 bits per heavy atom. The zero-order valence-corrected chi connectivity index (χ0v) is 25.2. The largest absolute Gasteiger partial charge is 0.476 e. The Morgan fingerprint density at radius 1 is 1.20 bits per heavy atom. The van der Waals surface area contributed by atoms with Crippen molar-refractivity contribution < 1.29 is 31.8 Å². The molecule has 9 nitrogen and oxygen atoms in total. The van der Waals surface area contributed by atoms with E-state index in [2.05, 4.69) is 16.8 Å². The van der Waals surface area contributed by atoms with Gasteiger partial charge in [0.05, 0.1) is 30.2 Å². The average molecular weight is 639 g/mol. The fraction of sp³-hybridized carbons (Fsp3) is 0.323. The first-order valence-corrected chi connectivity index (χ1v) is 16.4. The van der Waals surface area contributed by atoms with Gasteiger partial charge < -0.3 is 9.84 Å². The Hall–Kier alpha value is -3.96. The molecule has 2 aromatic heterocycles. The minimum Gasteiger partial charge on any atom is -0.476 e. The number of primary sulfonamides is 1. The predicted molar refractivity (Wildman–Crippen MR) is 159 cm³/mol. The van der Waals surface area contributed by atoms with Crippen molar-refractivity contribution in [2.24, 2.45) is 22.9 Å². The molecule has 1 unspecified atom stereocenters. The summed E-state index contributed by atoms with van der Waals surface area (Å²) < 4.78 is 60.3. The standard InChI is InChI=1S/C31H28F2N4O5S2/c1-17(22-14-42-15-22)2-6-20-13-21(7-8-24(20)32)29-23(10-19-5-9-28(25(33)11-19)44(34,40)41)27(12-18-3-4-18)37(36-29)31-35-26(16-43-31)30(38)39/h5,7-9,11,13,16-18,22H,3-4,10,12,14-15H2,1H3,(H,38,39)(H2,34,40,41). The molecule has 1 saturated heterocycles. The Labute approximate surface area is 256 Å². The average Bonchev–Trinajstić information content (AvgIpc) is 3.49. The Kier molecular flexibility index (Phi) is 8.10. The van der Waals surface area contributed by atoms with Crippen LogP contribution in [0.1, 0.15) is 52.6 Å². The van der Waals surface area contributed by atoms with Crippen molar-refractivity contribution in [3.8, 4) is 28.2 Å². The minimum atomic E-state index is -4.25. The van der Waals surface area contributed by atoms with Crippen molar-refractivity contribution in [1.29, 1.82) is 0 Å². The van der Waals surface area contributed by atoms with Crippen LogP contribution in [0.4, 0.5) is 8.78 Å². The summed E-state index contributed by atoms with van der Waals surface area (Å²) in [6.07, 6.45) is 2.79. The van der Waals surface area contributed by atoms with Crippen molar-refractivity contribution in [1.82, 2.24) is 14.8 Å². The first-order valence-electron chi connectivity index (χ1n) is 14.0. The van der Waals surface area contributed by atoms with Crippen molar-refractivity contribution in [2.75, 3.05) is 13.2 Å². The van der Waals surface area contributed by atoms with Crippen LogP contribution in [-0.2, 0) is 27.6 Å². The van der Waals surface area contributed by atoms with E-state index in [1.54, 1.807) is 16.8 Å². The number of carbonyl (C=O) groups is 1. The van der Waals surface area contributed by atoms with Crippen LogP contribution >= 0.6 is 11.3 Å². The molecule has 44 heavy (non-hydrogen) atoms. The van der Waals surface area contributed by atoms with E-state index in [-0.39, 0.29) is 23.6 Å². The van der Waals surface area contributed by atoms with Crippen molar-refractivity contribution >= 4 is 27.3 Å². The maximum Gasteiger partial charge on any atom is 0.355 e. The van der Waals surface area contributed by atoms with Gasteiger partial charge in [0.25, 0.3) is 0 Å². The molecule has 1 aliphatic carbocycles. The van der Waals surface area contributed by atoms with Crippen molar-refractivity contribution in [2.45, 2.75) is 37.5 Å². The Balaban J connectivity index is 1.48. The molecule has 2 aliphatic rings. The van der Waals surface area contributed by atoms with Gasteiger partial charge in [0.2, 0.25) is 15.2 Å². The molecule has 6 rings (SSSR count). The van der Waals surface area contributed by atoms with Crippen LogP contribution in [0, 0.1) is 41.2 Å². The van der Waals surface area contributed by atoms with E-state index in [4.69, 9.17) is 15.0 Å². The highest BCUT2D eigenvalue weighted by molar-refractivity contribution is 7.89. The van der Waals surface area contributed by atoms with Gasteiger partial charge in [0, 0.05) is 34.8 Å². The number of rotatable bonds is 9. The first kappa shape index (κ1) is 30.1. The summed E-state index contributed by atoms with van der Waals surface area (Å²) in [5.41, 5.74) is 3.07. The van der Waals surface area contributed by atoms with Gasteiger partial charge >= 0.3 is 5.97 Å². The number of ether oxygens (including phenoxy) is 1. The lowest BCUT2D eigenvalue weighted by Crippen LogP contribution is -2.32. The molecular weight excluding hydrogens is 610 g/mol. The van der Waals surface area contributed by atoms with Gasteiger partial charge in [0.1, 0.15) is 16.5 Å². The number of nitrogens with zero attached hydrogens (tertiary/aromatic N) is 3. The molecule has 0 spiro atoms. The smallest absolute Gasteiger partial charge is 0.355 e. The highest BCUT2D eigenvalue weighted by Gasteiger charge is 2.30. The Bertz CT molecular complexity index is 1940. The number of carboxylic acids is 1. The maximum absolute atomic E-state index is 14.9. The first-order chi connectivity index (χ1) is 21.0. The van der Waals surface area contributed by atoms with Crippen molar-refractivity contribution in [3.05, 3.63) is 81.5 Å². The second kappa shape index (κ2) is 11.9. The van der Waals surface area contributed by atoms with Crippen molar-refractivity contribution in [3.63, 3.8) is 0 Å². The van der Waals surface area contributed by atoms with E-state index >= 15 is 0 Å². The molecule has 2 aromatic carbocycles. The van der Waals surface area contributed by atoms with E-state index in [1.807, 2.05) is 6.92 Å². The summed E-state index contributed by atoms with van der Waals surface area (Å²) in [7, 11) is -4.25. The van der Waals surface area contributed by atoms with Gasteiger partial charge in [-0.25, -0.2) is 36.8 Å². The summed E-state index contributed by atoms with van der Waals surface area (Å²) in [5, 5.41) is 21.3. The summed E-state index contributed by atoms with van der Waals surface area (Å²) in [6.45, 7) is 3.23. The van der Waals surface area contributed by atoms with Crippen LogP contribution in [-0.4, -0.2) is 47.5 Å². The van der Waals surface area contributed by atoms with Crippen LogP contribution in [0.15, 0.2) is 46.7 Å². The quantitative estimate of drug-likeness (QED) is 0.251. The highest BCUT2D eigenvalue weighted by Crippen LogP contribution is 2.38. The molecule has 0 radical (unpaired) electrons. The van der Waals surface area contributed by atoms with Crippen LogP contribution in [0.3, 0.4) is 0 Å². The second-order valence-electron chi connectivity index (χ2n) is 11.2. The lowest BCUT2D eigenvalue weighted by Gasteiger charge is -2.28. The fourth-order valence-corrected chi connectivity index (χ4v) is 6.40. The number of aromatic carboxylic acids is 1. The number of carboxylic acid groups (broad SMARTS) is 1. The van der Waals surface area contributed by atoms with Crippen LogP contribution in [0.2, 0.25) is 0 Å². The molecule has 1 saturated carbocycles. The van der Waals surface area contributed by atoms with Gasteiger partial charge in [-0.05, 0) is 61.1 Å². The van der Waals surface area contributed by atoms with Gasteiger partial charge in [-0.1, -0.05) is 24.8 Å². The van der Waals surface area contributed by atoms with E-state index in [0.717, 1.165) is 42.0 Å². The van der Waals surface area contributed by atoms with Gasteiger partial charge in [-0.3, -0.25) is 0 Å². The number of hydrogen-bond donors (Lipinski definition) is 2. The van der Waals surface area contributed by atoms with Gasteiger partial charge in [-0.2, -0.15) is 5.10 Å². The molecule has 228 valence electrons. The molecule has 2 fully saturated rings. The molecule has 1 aliphatic heterocycles. The molecule has 3 heterocycles. The van der Waals surface area contributed by atoms with E-state index in [1.165, 1.54) is 17.5 Å². The number of thiazole rings is 1. The van der Waals surface area contributed by atoms with Crippen LogP contribution < -0.4 is 5.14 Å². The third-order valence-corrected chi connectivity index (χ3v) is 9.65. The van der Waals surface area contributed by atoms with Gasteiger partial charge in [0.15, 0.2) is 5.69 Å². The summed E-state index contributed by atoms with van der Waals surface area (Å²) in [4.78, 5) is 15.3. The molecule has 0 bridgehead atoms. The zero-order valence-electron chi connectivity index (χ0n) is 23.6. The number of halogens is 2. The molecule has 4 aromatic rings. The zero-order chi connectivity index (χ0) is 31.2. The van der Waals surface area contributed by atoms with E-state index in [0.29, 0.717) is 59.0 Å². The number of sulfonamides is 1. The fourth-order valence-electron chi connectivity index (χ4n) is 5.04. The van der Waals surface area contributed by atoms with E-state index < -0.39 is 32.5 Å². The third-order valence-electron chi connectivity index (χ3n) is 7.89. The minimum absolute atomic E-state index is 0.0234. The molecule has 13 heteroatoms. The lowest BCUT2D eigenvalue weighted by atomic mass is 9.92. The molecule has 3 N–H and O–H groups in total. The van der Waals surface area contributed by atoms with E-state index in [9.17, 15) is 27.1 Å². The van der Waals surface area contributed by atoms with Crippen LogP contribution in [0.25, 0.3) is 16.4 Å². The normalized spacial score (nSPS) is 15.8. The summed E-state index contributed by atoms with van der Waals surface area (Å²) >= 11 is 1.13. The summed E-state index contributed by atoms with van der Waals surface area (Å²) in [5.74, 6) is 4.18. The molecule has 1 atom stereocenters. The number of nitrogens with two attached hydrogens (primary N) is 1. The molecular formula is C31H28F2N4O5S2. The SMILES string of the molecule is CC(C#Cc1cc(-c2nn(-c3nc(C(=O)O)cs3)c(CC3CC3)c2Cc2ccc(S(N)(=O)=O)c(F)c2)ccc1F)C1COC1. The van der Waals surface area contributed by atoms with Crippen LogP contribution in [0.5, 0.6) is 0 Å². The maximum atomic E-state index is 14.9. The predicted octanol–water partition coefficient (Wildman–Crippen LogP) is 4.80. The third kappa shape index (κ3) is 6.30. The topological polar surface area (TPSA) is 137 Å². The number of hydrogen-bond acceptors (Lipinski definition) is 7. The number of benzene rings is 2. The molecule has 0 amide bonds. The second-order valence-corrected chi connectivity index (χ2v) is 13.6. The highest BCUT2D eigenvalue weighted by atomic mass is 32.2.